The van der Waals surface area contributed by atoms with Crippen molar-refractivity contribution in [3.63, 3.8) is 0 Å². The van der Waals surface area contributed by atoms with Crippen LogP contribution in [0.1, 0.15) is 38.0 Å². The Morgan fingerprint density at radius 3 is 1.67 bits per heavy atom. The van der Waals surface area contributed by atoms with E-state index in [1.807, 2.05) is 0 Å². The van der Waals surface area contributed by atoms with Crippen LogP contribution in [0.3, 0.4) is 0 Å². The van der Waals surface area contributed by atoms with Crippen molar-refractivity contribution in [1.29, 1.82) is 0 Å². The van der Waals surface area contributed by atoms with Gasteiger partial charge in [-0.05, 0) is 59.3 Å². The molecule has 0 bridgehead atoms. The van der Waals surface area contributed by atoms with Crippen molar-refractivity contribution >= 4 is 33.8 Å². The lowest BCUT2D eigenvalue weighted by Crippen LogP contribution is -2.49. The fourth-order valence-electron chi connectivity index (χ4n) is 3.78. The number of carbonyl (C=O) groups is 3. The molecule has 8 nitrogen and oxygen atoms in total. The number of benzene rings is 3. The van der Waals surface area contributed by atoms with Gasteiger partial charge in [0, 0.05) is 0 Å². The molecule has 1 saturated heterocycles. The standard InChI is InChI=1S/C27H24BrNO7/c1-17(33-24(30)18-11-5-2-6-12-18)21-22(34-25(31)19-13-7-3-8-14-19)23(27(28,29)36-21)35-26(32)20-15-9-4-10-16-20/h2-17,21-23H,29H2,1H3/t17-,21-,22-,23-,27?/m1/s1. The van der Waals surface area contributed by atoms with Gasteiger partial charge in [-0.1, -0.05) is 54.6 Å². The van der Waals surface area contributed by atoms with E-state index in [2.05, 4.69) is 15.9 Å². The molecular formula is C27H24BrNO7. The van der Waals surface area contributed by atoms with E-state index >= 15 is 0 Å². The number of carbonyl (C=O) groups excluding carboxylic acids is 3. The summed E-state index contributed by atoms with van der Waals surface area (Å²) in [6.45, 7) is 1.58. The Kier molecular flexibility index (Phi) is 7.83. The summed E-state index contributed by atoms with van der Waals surface area (Å²) in [6, 6.07) is 25.0. The lowest BCUT2D eigenvalue weighted by Gasteiger charge is -2.27. The van der Waals surface area contributed by atoms with Crippen LogP contribution in [0.4, 0.5) is 0 Å². The molecule has 5 atom stereocenters. The normalized spacial score (nSPS) is 23.9. The minimum absolute atomic E-state index is 0.279. The van der Waals surface area contributed by atoms with Crippen molar-refractivity contribution in [2.45, 2.75) is 36.0 Å². The van der Waals surface area contributed by atoms with Crippen molar-refractivity contribution in [2.75, 3.05) is 0 Å². The van der Waals surface area contributed by atoms with Crippen LogP contribution < -0.4 is 5.73 Å². The van der Waals surface area contributed by atoms with E-state index in [1.54, 1.807) is 97.9 Å². The van der Waals surface area contributed by atoms with Gasteiger partial charge in [-0.15, -0.1) is 0 Å². The maximum absolute atomic E-state index is 12.9. The molecule has 0 radical (unpaired) electrons. The molecule has 4 rings (SSSR count). The topological polar surface area (TPSA) is 114 Å². The minimum atomic E-state index is -1.73. The van der Waals surface area contributed by atoms with Crippen molar-refractivity contribution in [3.8, 4) is 0 Å². The number of esters is 3. The molecule has 0 amide bonds. The Morgan fingerprint density at radius 2 is 1.19 bits per heavy atom. The largest absolute Gasteiger partial charge is 0.456 e. The SMILES string of the molecule is C[C@@H](OC(=O)c1ccccc1)[C@H]1OC(N)(Br)[C@H](OC(=O)c2ccccc2)[C@@H]1OC(=O)c1ccccc1. The molecule has 0 aliphatic carbocycles. The molecule has 1 aliphatic rings. The molecule has 1 unspecified atom stereocenters. The molecule has 36 heavy (non-hydrogen) atoms. The van der Waals surface area contributed by atoms with E-state index in [0.29, 0.717) is 5.56 Å². The van der Waals surface area contributed by atoms with Crippen LogP contribution in [0, 0.1) is 0 Å². The molecule has 2 N–H and O–H groups in total. The molecule has 0 spiro atoms. The summed E-state index contributed by atoms with van der Waals surface area (Å²) in [4.78, 5) is 38.4. The summed E-state index contributed by atoms with van der Waals surface area (Å²) < 4.78 is 21.2. The quantitative estimate of drug-likeness (QED) is 0.201. The first-order valence-electron chi connectivity index (χ1n) is 11.2. The highest BCUT2D eigenvalue weighted by molar-refractivity contribution is 9.10. The lowest BCUT2D eigenvalue weighted by molar-refractivity contribution is -0.0776. The second kappa shape index (κ2) is 11.0. The number of hydrogen-bond donors (Lipinski definition) is 1. The summed E-state index contributed by atoms with van der Waals surface area (Å²) in [6.07, 6.45) is -4.44. The number of rotatable bonds is 7. The van der Waals surface area contributed by atoms with Gasteiger partial charge in [-0.3, -0.25) is 5.73 Å². The van der Waals surface area contributed by atoms with Gasteiger partial charge in [0.05, 0.1) is 16.7 Å². The zero-order chi connectivity index (χ0) is 25.7. The van der Waals surface area contributed by atoms with Crippen LogP contribution in [0.25, 0.3) is 0 Å². The highest BCUT2D eigenvalue weighted by Gasteiger charge is 2.58. The Bertz CT molecular complexity index is 1200. The smallest absolute Gasteiger partial charge is 0.338 e. The van der Waals surface area contributed by atoms with Gasteiger partial charge in [0.25, 0.3) is 0 Å². The summed E-state index contributed by atoms with van der Waals surface area (Å²) >= 11 is 3.26. The van der Waals surface area contributed by atoms with Crippen LogP contribution in [0.2, 0.25) is 0 Å². The van der Waals surface area contributed by atoms with Crippen LogP contribution in [-0.2, 0) is 18.9 Å². The van der Waals surface area contributed by atoms with Gasteiger partial charge in [0.1, 0.15) is 12.2 Å². The molecule has 0 saturated carbocycles. The van der Waals surface area contributed by atoms with Crippen LogP contribution in [-0.4, -0.2) is 47.0 Å². The van der Waals surface area contributed by atoms with Crippen LogP contribution in [0.5, 0.6) is 0 Å². The summed E-state index contributed by atoms with van der Waals surface area (Å²) in [7, 11) is 0. The third kappa shape index (κ3) is 5.81. The average molecular weight is 554 g/mol. The van der Waals surface area contributed by atoms with Gasteiger partial charge < -0.3 is 18.9 Å². The Morgan fingerprint density at radius 1 is 0.778 bits per heavy atom. The van der Waals surface area contributed by atoms with Crippen LogP contribution >= 0.6 is 15.9 Å². The number of halogens is 1. The average Bonchev–Trinajstić information content (AvgIpc) is 3.15. The Balaban J connectivity index is 1.60. The van der Waals surface area contributed by atoms with Gasteiger partial charge in [-0.25, -0.2) is 14.4 Å². The molecule has 3 aromatic carbocycles. The Hall–Kier alpha value is -3.53. The summed E-state index contributed by atoms with van der Waals surface area (Å²) in [5.41, 5.74) is 7.21. The lowest BCUT2D eigenvalue weighted by atomic mass is 10.1. The van der Waals surface area contributed by atoms with Crippen molar-refractivity contribution in [1.82, 2.24) is 0 Å². The predicted molar refractivity (Wildman–Crippen MR) is 133 cm³/mol. The molecule has 0 aromatic heterocycles. The van der Waals surface area contributed by atoms with E-state index in [4.69, 9.17) is 24.7 Å². The van der Waals surface area contributed by atoms with Gasteiger partial charge >= 0.3 is 17.9 Å². The zero-order valence-electron chi connectivity index (χ0n) is 19.3. The summed E-state index contributed by atoms with van der Waals surface area (Å²) in [5.74, 6) is -1.96. The number of hydrogen-bond acceptors (Lipinski definition) is 8. The highest BCUT2D eigenvalue weighted by atomic mass is 79.9. The van der Waals surface area contributed by atoms with E-state index < -0.39 is 47.0 Å². The van der Waals surface area contributed by atoms with Gasteiger partial charge in [0.15, 0.2) is 12.2 Å². The Labute approximate surface area is 216 Å². The maximum atomic E-state index is 12.9. The van der Waals surface area contributed by atoms with Gasteiger partial charge in [-0.2, -0.15) is 0 Å². The number of nitrogens with two attached hydrogens (primary N) is 1. The third-order valence-electron chi connectivity index (χ3n) is 5.59. The fraction of sp³-hybridized carbons (Fsp3) is 0.222. The molecule has 186 valence electrons. The highest BCUT2D eigenvalue weighted by Crippen LogP contribution is 2.39. The first kappa shape index (κ1) is 25.6. The first-order valence-corrected chi connectivity index (χ1v) is 12.0. The molecule has 9 heteroatoms. The van der Waals surface area contributed by atoms with Gasteiger partial charge in [0.2, 0.25) is 4.63 Å². The summed E-state index contributed by atoms with van der Waals surface area (Å²) in [5, 5.41) is 0. The number of alkyl halides is 1. The molecule has 1 heterocycles. The van der Waals surface area contributed by atoms with Crippen molar-refractivity contribution in [2.24, 2.45) is 5.73 Å². The predicted octanol–water partition coefficient (Wildman–Crippen LogP) is 4.09. The second-order valence-electron chi connectivity index (χ2n) is 8.18. The van der Waals surface area contributed by atoms with E-state index in [9.17, 15) is 14.4 Å². The molecule has 1 aliphatic heterocycles. The van der Waals surface area contributed by atoms with E-state index in [0.717, 1.165) is 0 Å². The minimum Gasteiger partial charge on any atom is -0.456 e. The molecular weight excluding hydrogens is 530 g/mol. The second-order valence-corrected chi connectivity index (χ2v) is 9.42. The van der Waals surface area contributed by atoms with E-state index in [1.165, 1.54) is 0 Å². The maximum Gasteiger partial charge on any atom is 0.338 e. The van der Waals surface area contributed by atoms with Crippen molar-refractivity contribution < 1.29 is 33.3 Å². The van der Waals surface area contributed by atoms with Crippen LogP contribution in [0.15, 0.2) is 91.0 Å². The third-order valence-corrected chi connectivity index (χ3v) is 6.23. The monoisotopic (exact) mass is 553 g/mol. The number of ether oxygens (including phenoxy) is 4. The molecule has 3 aromatic rings. The van der Waals surface area contributed by atoms with E-state index in [-0.39, 0.29) is 11.1 Å². The van der Waals surface area contributed by atoms with Crippen molar-refractivity contribution in [3.05, 3.63) is 108 Å². The fourth-order valence-corrected chi connectivity index (χ4v) is 4.35. The first-order chi connectivity index (χ1) is 17.3. The zero-order valence-corrected chi connectivity index (χ0v) is 20.9. The molecule has 1 fully saturated rings.